The van der Waals surface area contributed by atoms with Crippen LogP contribution in [0.2, 0.25) is 0 Å². The Hall–Kier alpha value is -4.01. The zero-order chi connectivity index (χ0) is 22.7. The Morgan fingerprint density at radius 2 is 1.94 bits per heavy atom. The van der Waals surface area contributed by atoms with Crippen LogP contribution in [0, 0.1) is 0 Å². The molecule has 32 heavy (non-hydrogen) atoms. The Labute approximate surface area is 182 Å². The average molecular weight is 439 g/mol. The summed E-state index contributed by atoms with van der Waals surface area (Å²) < 4.78 is 21.0. The van der Waals surface area contributed by atoms with Gasteiger partial charge in [0.05, 0.1) is 5.71 Å². The second kappa shape index (κ2) is 9.01. The van der Waals surface area contributed by atoms with Gasteiger partial charge in [0.15, 0.2) is 11.5 Å². The third-order valence-corrected chi connectivity index (χ3v) is 4.97. The van der Waals surface area contributed by atoms with Crippen molar-refractivity contribution in [3.05, 3.63) is 63.5 Å². The summed E-state index contributed by atoms with van der Waals surface area (Å²) in [7, 11) is 0. The maximum atomic E-state index is 12.1. The van der Waals surface area contributed by atoms with Gasteiger partial charge in [-0.15, -0.1) is 0 Å². The minimum atomic E-state index is -0.650. The Morgan fingerprint density at radius 1 is 1.12 bits per heavy atom. The number of benzene rings is 2. The molecule has 0 spiro atoms. The number of ether oxygens (including phenoxy) is 3. The molecule has 0 radical (unpaired) electrons. The lowest BCUT2D eigenvalue weighted by molar-refractivity contribution is -0.150. The molecule has 0 fully saturated rings. The first-order valence-electron chi connectivity index (χ1n) is 9.95. The van der Waals surface area contributed by atoms with Gasteiger partial charge in [0.1, 0.15) is 17.9 Å². The third kappa shape index (κ3) is 4.51. The Balaban J connectivity index is 1.38. The number of phenolic OH excluding ortho intramolecular Hbond substituents is 1. The van der Waals surface area contributed by atoms with E-state index < -0.39 is 18.2 Å². The first-order valence-corrected chi connectivity index (χ1v) is 9.95. The van der Waals surface area contributed by atoms with E-state index in [0.717, 1.165) is 5.56 Å². The van der Waals surface area contributed by atoms with Gasteiger partial charge < -0.3 is 28.6 Å². The first kappa shape index (κ1) is 21.2. The maximum absolute atomic E-state index is 12.1. The number of aromatic hydroxyl groups is 1. The number of hydrogen-bond donors (Lipinski definition) is 1. The number of esters is 1. The quantitative estimate of drug-likeness (QED) is 0.258. The van der Waals surface area contributed by atoms with Crippen LogP contribution in [0.3, 0.4) is 0 Å². The highest BCUT2D eigenvalue weighted by Gasteiger charge is 2.15. The zero-order valence-electron chi connectivity index (χ0n) is 17.5. The highest BCUT2D eigenvalue weighted by molar-refractivity contribution is 5.99. The number of aryl methyl sites for hydroxylation is 1. The van der Waals surface area contributed by atoms with E-state index in [1.807, 2.05) is 13.0 Å². The molecular formula is C23H21NO8. The molecule has 9 nitrogen and oxygen atoms in total. The summed E-state index contributed by atoms with van der Waals surface area (Å²) in [6.07, 6.45) is 0.592. The monoisotopic (exact) mass is 439 g/mol. The molecule has 0 amide bonds. The minimum absolute atomic E-state index is 0.0429. The summed E-state index contributed by atoms with van der Waals surface area (Å²) in [4.78, 5) is 29.0. The number of oxime groups is 1. The molecule has 0 unspecified atom stereocenters. The summed E-state index contributed by atoms with van der Waals surface area (Å²) in [5.41, 5.74) is 2.09. The molecule has 4 rings (SSSR count). The summed E-state index contributed by atoms with van der Waals surface area (Å²) >= 11 is 0. The van der Waals surface area contributed by atoms with Gasteiger partial charge in [0.2, 0.25) is 13.4 Å². The van der Waals surface area contributed by atoms with Crippen molar-refractivity contribution in [2.45, 2.75) is 26.9 Å². The van der Waals surface area contributed by atoms with Crippen molar-refractivity contribution in [2.24, 2.45) is 5.16 Å². The van der Waals surface area contributed by atoms with Crippen LogP contribution < -0.4 is 15.1 Å². The van der Waals surface area contributed by atoms with Crippen LogP contribution >= 0.6 is 0 Å². The molecule has 0 atom stereocenters. The number of nitrogens with zero attached hydrogens (tertiary/aromatic N) is 1. The number of phenols is 1. The van der Waals surface area contributed by atoms with Gasteiger partial charge in [-0.2, -0.15) is 0 Å². The molecule has 2 heterocycles. The zero-order valence-corrected chi connectivity index (χ0v) is 17.5. The van der Waals surface area contributed by atoms with Crippen molar-refractivity contribution in [1.29, 1.82) is 0 Å². The lowest BCUT2D eigenvalue weighted by Crippen LogP contribution is -2.12. The molecule has 0 saturated heterocycles. The summed E-state index contributed by atoms with van der Waals surface area (Å²) in [5.74, 6) is 0.676. The molecule has 0 saturated carbocycles. The van der Waals surface area contributed by atoms with Gasteiger partial charge in [0, 0.05) is 28.6 Å². The van der Waals surface area contributed by atoms with E-state index in [1.165, 1.54) is 12.1 Å². The van der Waals surface area contributed by atoms with Gasteiger partial charge in [-0.05, 0) is 43.2 Å². The summed E-state index contributed by atoms with van der Waals surface area (Å²) in [6.45, 7) is 3.25. The predicted molar refractivity (Wildman–Crippen MR) is 114 cm³/mol. The van der Waals surface area contributed by atoms with Crippen LogP contribution in [0.1, 0.15) is 30.5 Å². The topological polar surface area (TPSA) is 117 Å². The lowest BCUT2D eigenvalue weighted by Gasteiger charge is -2.09. The average Bonchev–Trinajstić information content (AvgIpc) is 3.24. The van der Waals surface area contributed by atoms with Gasteiger partial charge in [0.25, 0.3) is 0 Å². The van der Waals surface area contributed by atoms with Crippen molar-refractivity contribution in [2.75, 3.05) is 13.4 Å². The molecule has 1 aliphatic rings. The van der Waals surface area contributed by atoms with Crippen molar-refractivity contribution in [3.8, 4) is 17.2 Å². The SMILES string of the molecule is CCc1cc2c(COC(=O)CON=C(C)c3ccc4c(c3)OCO4)cc(=O)oc2cc1O. The first-order chi connectivity index (χ1) is 15.4. The van der Waals surface area contributed by atoms with E-state index in [4.69, 9.17) is 23.5 Å². The van der Waals surface area contributed by atoms with E-state index >= 15 is 0 Å². The number of hydrogen-bond acceptors (Lipinski definition) is 9. The van der Waals surface area contributed by atoms with Crippen molar-refractivity contribution >= 4 is 22.7 Å². The van der Waals surface area contributed by atoms with E-state index in [2.05, 4.69) is 5.16 Å². The third-order valence-electron chi connectivity index (χ3n) is 4.97. The van der Waals surface area contributed by atoms with Gasteiger partial charge >= 0.3 is 11.6 Å². The van der Waals surface area contributed by atoms with Crippen LogP contribution in [0.25, 0.3) is 11.0 Å². The molecule has 1 aliphatic heterocycles. The normalized spacial score (nSPS) is 12.8. The van der Waals surface area contributed by atoms with E-state index in [0.29, 0.717) is 40.1 Å². The minimum Gasteiger partial charge on any atom is -0.508 e. The predicted octanol–water partition coefficient (Wildman–Crippen LogP) is 3.27. The summed E-state index contributed by atoms with van der Waals surface area (Å²) in [5, 5.41) is 14.5. The fourth-order valence-corrected chi connectivity index (χ4v) is 3.27. The van der Waals surface area contributed by atoms with Crippen LogP contribution in [-0.2, 0) is 27.4 Å². The molecule has 0 bridgehead atoms. The maximum Gasteiger partial charge on any atom is 0.347 e. The Kier molecular flexibility index (Phi) is 5.98. The highest BCUT2D eigenvalue weighted by atomic mass is 16.7. The lowest BCUT2D eigenvalue weighted by atomic mass is 10.0. The molecule has 1 aromatic heterocycles. The van der Waals surface area contributed by atoms with Crippen molar-refractivity contribution in [1.82, 2.24) is 0 Å². The molecule has 0 aliphatic carbocycles. The number of carbonyl (C=O) groups is 1. The second-order valence-electron chi connectivity index (χ2n) is 7.10. The highest BCUT2D eigenvalue weighted by Crippen LogP contribution is 2.32. The smallest absolute Gasteiger partial charge is 0.347 e. The van der Waals surface area contributed by atoms with Crippen LogP contribution in [0.5, 0.6) is 17.2 Å². The second-order valence-corrected chi connectivity index (χ2v) is 7.10. The molecule has 2 aromatic carbocycles. The molecule has 3 aromatic rings. The fourth-order valence-electron chi connectivity index (χ4n) is 3.27. The number of carbonyl (C=O) groups excluding carboxylic acids is 1. The van der Waals surface area contributed by atoms with Gasteiger partial charge in [-0.25, -0.2) is 9.59 Å². The van der Waals surface area contributed by atoms with E-state index in [1.54, 1.807) is 25.1 Å². The molecule has 9 heteroatoms. The largest absolute Gasteiger partial charge is 0.508 e. The van der Waals surface area contributed by atoms with Crippen LogP contribution in [0.4, 0.5) is 0 Å². The van der Waals surface area contributed by atoms with E-state index in [-0.39, 0.29) is 24.7 Å². The number of fused-ring (bicyclic) bond motifs is 2. The Morgan fingerprint density at radius 3 is 2.75 bits per heavy atom. The van der Waals surface area contributed by atoms with E-state index in [9.17, 15) is 14.7 Å². The molecular weight excluding hydrogens is 418 g/mol. The summed E-state index contributed by atoms with van der Waals surface area (Å²) in [6, 6.07) is 9.72. The Bertz CT molecular complexity index is 1260. The molecule has 166 valence electrons. The standard InChI is InChI=1S/C23H21NO8/c1-3-14-6-17-16(8-22(26)32-20(17)9-18(14)25)10-28-23(27)11-31-24-13(2)15-4-5-19-21(7-15)30-12-29-19/h4-9,25H,3,10-12H2,1-2H3. The molecule has 1 N–H and O–H groups in total. The number of rotatable bonds is 7. The van der Waals surface area contributed by atoms with Gasteiger partial charge in [-0.3, -0.25) is 0 Å². The van der Waals surface area contributed by atoms with Crippen LogP contribution in [0.15, 0.2) is 50.8 Å². The van der Waals surface area contributed by atoms with Crippen molar-refractivity contribution < 1.29 is 33.4 Å². The van der Waals surface area contributed by atoms with Crippen molar-refractivity contribution in [3.63, 3.8) is 0 Å². The fraction of sp³-hybridized carbons (Fsp3) is 0.261. The van der Waals surface area contributed by atoms with Crippen LogP contribution in [-0.4, -0.2) is 30.2 Å². The van der Waals surface area contributed by atoms with Gasteiger partial charge in [-0.1, -0.05) is 12.1 Å².